The Bertz CT molecular complexity index is 506. The highest BCUT2D eigenvalue weighted by Gasteiger charge is 2.13. The topological polar surface area (TPSA) is 55.8 Å². The molecule has 1 rings (SSSR count). The monoisotopic (exact) mass is 358 g/mol. The zero-order valence-electron chi connectivity index (χ0n) is 14.8. The van der Waals surface area contributed by atoms with Crippen molar-refractivity contribution in [3.05, 3.63) is 23.8 Å². The van der Waals surface area contributed by atoms with Gasteiger partial charge >= 0.3 is 5.97 Å². The number of carbonyl (C=O) groups is 1. The Morgan fingerprint density at radius 2 is 1.64 bits per heavy atom. The van der Waals surface area contributed by atoms with Gasteiger partial charge < -0.3 is 14.6 Å². The van der Waals surface area contributed by atoms with E-state index in [2.05, 4.69) is 6.92 Å². The van der Waals surface area contributed by atoms with Crippen molar-refractivity contribution in [2.24, 2.45) is 0 Å². The lowest BCUT2D eigenvalue weighted by Gasteiger charge is -2.13. The van der Waals surface area contributed by atoms with Gasteiger partial charge in [-0.3, -0.25) is 0 Å². The molecule has 0 aromatic heterocycles. The molecule has 1 aromatic carbocycles. The molecule has 0 aliphatic rings. The molecule has 142 valence electrons. The van der Waals surface area contributed by atoms with E-state index in [4.69, 9.17) is 14.6 Å². The van der Waals surface area contributed by atoms with Crippen molar-refractivity contribution in [3.8, 4) is 11.5 Å². The summed E-state index contributed by atoms with van der Waals surface area (Å²) in [4.78, 5) is 11.0. The van der Waals surface area contributed by atoms with E-state index in [0.717, 1.165) is 19.3 Å². The summed E-state index contributed by atoms with van der Waals surface area (Å²) in [5, 5.41) is 9.03. The average molecular weight is 358 g/mol. The zero-order valence-corrected chi connectivity index (χ0v) is 14.8. The maximum atomic E-state index is 12.3. The summed E-state index contributed by atoms with van der Waals surface area (Å²) in [6.07, 6.45) is 6.65. The second-order valence-corrected chi connectivity index (χ2v) is 5.99. The Labute approximate surface area is 148 Å². The minimum atomic E-state index is -2.60. The van der Waals surface area contributed by atoms with E-state index in [-0.39, 0.29) is 17.1 Å². The summed E-state index contributed by atoms with van der Waals surface area (Å²) in [7, 11) is 0. The maximum absolute atomic E-state index is 12.3. The number of carboxylic acid groups (broad SMARTS) is 1. The second-order valence-electron chi connectivity index (χ2n) is 5.99. The third-order valence-electron chi connectivity index (χ3n) is 3.81. The summed E-state index contributed by atoms with van der Waals surface area (Å²) in [5.74, 6) is -0.759. The van der Waals surface area contributed by atoms with Crippen molar-refractivity contribution in [1.29, 1.82) is 0 Å². The van der Waals surface area contributed by atoms with Crippen LogP contribution >= 0.6 is 0 Å². The van der Waals surface area contributed by atoms with E-state index < -0.39 is 19.0 Å². The quantitative estimate of drug-likeness (QED) is 0.443. The fourth-order valence-corrected chi connectivity index (χ4v) is 2.44. The molecule has 0 aliphatic heterocycles. The summed E-state index contributed by atoms with van der Waals surface area (Å²) >= 11 is 0. The van der Waals surface area contributed by atoms with E-state index in [1.165, 1.54) is 50.3 Å². The van der Waals surface area contributed by atoms with Crippen LogP contribution in [0.25, 0.3) is 0 Å². The van der Waals surface area contributed by atoms with Gasteiger partial charge in [-0.1, -0.05) is 51.9 Å². The fourth-order valence-electron chi connectivity index (χ4n) is 2.44. The standard InChI is InChI=1S/C19H28F2O4/c1-2-3-4-5-6-7-8-9-12-24-17-13-15(19(22)23)10-11-16(17)25-14-18(20)21/h10-11,13,18H,2-9,12,14H2,1H3,(H,22,23). The number of ether oxygens (including phenoxy) is 2. The zero-order chi connectivity index (χ0) is 18.5. The second kappa shape index (κ2) is 12.5. The molecule has 0 fully saturated rings. The lowest BCUT2D eigenvalue weighted by Crippen LogP contribution is -2.09. The lowest BCUT2D eigenvalue weighted by atomic mass is 10.1. The van der Waals surface area contributed by atoms with Crippen molar-refractivity contribution in [2.75, 3.05) is 13.2 Å². The lowest BCUT2D eigenvalue weighted by molar-refractivity contribution is 0.0693. The van der Waals surface area contributed by atoms with Gasteiger partial charge in [0.05, 0.1) is 12.2 Å². The Balaban J connectivity index is 2.40. The van der Waals surface area contributed by atoms with Crippen molar-refractivity contribution in [3.63, 3.8) is 0 Å². The van der Waals surface area contributed by atoms with Gasteiger partial charge in [0.1, 0.15) is 6.61 Å². The Morgan fingerprint density at radius 3 is 2.24 bits per heavy atom. The highest BCUT2D eigenvalue weighted by molar-refractivity contribution is 5.88. The highest BCUT2D eigenvalue weighted by Crippen LogP contribution is 2.29. The maximum Gasteiger partial charge on any atom is 0.335 e. The Hall–Kier alpha value is -1.85. The molecule has 0 radical (unpaired) electrons. The molecule has 0 amide bonds. The molecule has 6 heteroatoms. The van der Waals surface area contributed by atoms with Crippen LogP contribution in [-0.4, -0.2) is 30.7 Å². The van der Waals surface area contributed by atoms with Crippen molar-refractivity contribution >= 4 is 5.97 Å². The molecule has 0 atom stereocenters. The number of rotatable bonds is 14. The smallest absolute Gasteiger partial charge is 0.335 e. The van der Waals surface area contributed by atoms with Gasteiger partial charge in [0.15, 0.2) is 11.5 Å². The van der Waals surface area contributed by atoms with Gasteiger partial charge in [0.25, 0.3) is 6.43 Å². The first-order valence-electron chi connectivity index (χ1n) is 8.95. The van der Waals surface area contributed by atoms with Crippen LogP contribution in [0, 0.1) is 0 Å². The van der Waals surface area contributed by atoms with Gasteiger partial charge in [-0.05, 0) is 24.6 Å². The molecule has 0 aliphatic carbocycles. The van der Waals surface area contributed by atoms with Gasteiger partial charge in [-0.15, -0.1) is 0 Å². The van der Waals surface area contributed by atoms with E-state index in [9.17, 15) is 13.6 Å². The van der Waals surface area contributed by atoms with Crippen LogP contribution < -0.4 is 9.47 Å². The first-order valence-corrected chi connectivity index (χ1v) is 8.95. The molecule has 0 spiro atoms. The van der Waals surface area contributed by atoms with E-state index >= 15 is 0 Å². The number of hydrogen-bond donors (Lipinski definition) is 1. The highest BCUT2D eigenvalue weighted by atomic mass is 19.3. The molecule has 0 saturated carbocycles. The molecule has 4 nitrogen and oxygen atoms in total. The van der Waals surface area contributed by atoms with Crippen LogP contribution in [-0.2, 0) is 0 Å². The molecule has 1 aromatic rings. The predicted octanol–water partition coefficient (Wildman–Crippen LogP) is 5.55. The minimum Gasteiger partial charge on any atom is -0.490 e. The fraction of sp³-hybridized carbons (Fsp3) is 0.632. The average Bonchev–Trinajstić information content (AvgIpc) is 2.58. The summed E-state index contributed by atoms with van der Waals surface area (Å²) < 4.78 is 35.2. The van der Waals surface area contributed by atoms with Gasteiger partial charge in [0, 0.05) is 0 Å². The van der Waals surface area contributed by atoms with E-state index in [1.54, 1.807) is 0 Å². The first kappa shape index (κ1) is 21.2. The molecule has 25 heavy (non-hydrogen) atoms. The number of halogens is 2. The largest absolute Gasteiger partial charge is 0.490 e. The minimum absolute atomic E-state index is 0.0373. The number of aromatic carboxylic acids is 1. The number of hydrogen-bond acceptors (Lipinski definition) is 3. The normalized spacial score (nSPS) is 10.9. The number of alkyl halides is 2. The van der Waals surface area contributed by atoms with Crippen molar-refractivity contribution < 1.29 is 28.2 Å². The van der Waals surface area contributed by atoms with Crippen molar-refractivity contribution in [1.82, 2.24) is 0 Å². The van der Waals surface area contributed by atoms with Crippen LogP contribution in [0.1, 0.15) is 68.6 Å². The van der Waals surface area contributed by atoms with Gasteiger partial charge in [-0.25, -0.2) is 13.6 Å². The predicted molar refractivity (Wildman–Crippen MR) is 93.0 cm³/mol. The third kappa shape index (κ3) is 9.27. The third-order valence-corrected chi connectivity index (χ3v) is 3.81. The van der Waals surface area contributed by atoms with Crippen molar-refractivity contribution in [2.45, 2.75) is 64.7 Å². The van der Waals surface area contributed by atoms with Crippen LogP contribution in [0.15, 0.2) is 18.2 Å². The molecular formula is C19H28F2O4. The Kier molecular flexibility index (Phi) is 10.6. The van der Waals surface area contributed by atoms with Gasteiger partial charge in [-0.2, -0.15) is 0 Å². The number of carboxylic acids is 1. The molecule has 1 N–H and O–H groups in total. The summed E-state index contributed by atoms with van der Waals surface area (Å²) in [6, 6.07) is 3.98. The molecule has 0 bridgehead atoms. The molecule has 0 saturated heterocycles. The van der Waals surface area contributed by atoms with E-state index in [0.29, 0.717) is 6.61 Å². The molecule has 0 unspecified atom stereocenters. The van der Waals surface area contributed by atoms with Crippen LogP contribution in [0.3, 0.4) is 0 Å². The Morgan fingerprint density at radius 1 is 1.00 bits per heavy atom. The van der Waals surface area contributed by atoms with E-state index in [1.807, 2.05) is 0 Å². The van der Waals surface area contributed by atoms with Crippen LogP contribution in [0.2, 0.25) is 0 Å². The number of benzene rings is 1. The molecule has 0 heterocycles. The summed E-state index contributed by atoms with van der Waals surface area (Å²) in [5.41, 5.74) is 0.0373. The van der Waals surface area contributed by atoms with Crippen LogP contribution in [0.4, 0.5) is 8.78 Å². The number of unbranched alkanes of at least 4 members (excludes halogenated alkanes) is 7. The van der Waals surface area contributed by atoms with Gasteiger partial charge in [0.2, 0.25) is 0 Å². The molecular weight excluding hydrogens is 330 g/mol. The summed E-state index contributed by atoms with van der Waals surface area (Å²) in [6.45, 7) is 1.85. The SMILES string of the molecule is CCCCCCCCCCOc1cc(C(=O)O)ccc1OCC(F)F. The van der Waals surface area contributed by atoms with Crippen LogP contribution in [0.5, 0.6) is 11.5 Å². The first-order chi connectivity index (χ1) is 12.0.